The molecule has 1 heterocycles. The number of hydrogen-bond acceptors (Lipinski definition) is 2. The van der Waals surface area contributed by atoms with Crippen LogP contribution in [0.15, 0.2) is 36.7 Å². The largest absolute Gasteiger partial charge is 0.396 e. The van der Waals surface area contributed by atoms with E-state index >= 15 is 0 Å². The van der Waals surface area contributed by atoms with Gasteiger partial charge in [0, 0.05) is 25.4 Å². The molecule has 2 aromatic rings. The van der Waals surface area contributed by atoms with Gasteiger partial charge in [-0.25, -0.2) is 0 Å². The first-order valence-electron chi connectivity index (χ1n) is 4.98. The molecule has 1 N–H and O–H groups in total. The number of aliphatic hydroxyl groups excluding tert-OH is 1. The van der Waals surface area contributed by atoms with E-state index in [1.165, 1.54) is 0 Å². The van der Waals surface area contributed by atoms with E-state index in [1.807, 2.05) is 31.6 Å². The molecular weight excluding hydrogens is 188 g/mol. The molecule has 1 aromatic carbocycles. The molecule has 0 aliphatic carbocycles. The van der Waals surface area contributed by atoms with Crippen molar-refractivity contribution >= 4 is 0 Å². The Hall–Kier alpha value is -1.61. The number of benzene rings is 1. The van der Waals surface area contributed by atoms with Crippen LogP contribution in [0.1, 0.15) is 5.56 Å². The Kier molecular flexibility index (Phi) is 2.83. The molecule has 0 atom stereocenters. The molecule has 0 unspecified atom stereocenters. The molecule has 0 spiro atoms. The number of aryl methyl sites for hydroxylation is 1. The van der Waals surface area contributed by atoms with Gasteiger partial charge in [-0.2, -0.15) is 5.10 Å². The van der Waals surface area contributed by atoms with Gasteiger partial charge in [0.15, 0.2) is 0 Å². The Morgan fingerprint density at radius 3 is 2.87 bits per heavy atom. The van der Waals surface area contributed by atoms with Crippen LogP contribution in [0, 0.1) is 0 Å². The topological polar surface area (TPSA) is 38.0 Å². The number of nitrogens with zero attached hydrogens (tertiary/aromatic N) is 2. The summed E-state index contributed by atoms with van der Waals surface area (Å²) in [6, 6.07) is 8.18. The van der Waals surface area contributed by atoms with E-state index in [4.69, 9.17) is 5.11 Å². The van der Waals surface area contributed by atoms with Crippen molar-refractivity contribution in [1.29, 1.82) is 0 Å². The molecule has 3 nitrogen and oxygen atoms in total. The molecule has 1 aromatic heterocycles. The highest BCUT2D eigenvalue weighted by molar-refractivity contribution is 5.62. The normalized spacial score (nSPS) is 10.5. The van der Waals surface area contributed by atoms with E-state index in [0.717, 1.165) is 16.7 Å². The quantitative estimate of drug-likeness (QED) is 0.821. The molecule has 2 rings (SSSR count). The van der Waals surface area contributed by atoms with Crippen LogP contribution in [0.4, 0.5) is 0 Å². The van der Waals surface area contributed by atoms with Crippen molar-refractivity contribution in [2.45, 2.75) is 6.42 Å². The lowest BCUT2D eigenvalue weighted by Crippen LogP contribution is -1.90. The highest BCUT2D eigenvalue weighted by atomic mass is 16.2. The van der Waals surface area contributed by atoms with Crippen LogP contribution in [0.5, 0.6) is 0 Å². The number of aromatic nitrogens is 2. The fourth-order valence-corrected chi connectivity index (χ4v) is 1.61. The highest BCUT2D eigenvalue weighted by Crippen LogP contribution is 2.19. The van der Waals surface area contributed by atoms with Crippen molar-refractivity contribution in [3.05, 3.63) is 42.2 Å². The zero-order valence-corrected chi connectivity index (χ0v) is 8.72. The van der Waals surface area contributed by atoms with Crippen molar-refractivity contribution < 1.29 is 5.11 Å². The summed E-state index contributed by atoms with van der Waals surface area (Å²) < 4.78 is 1.79. The van der Waals surface area contributed by atoms with Gasteiger partial charge >= 0.3 is 0 Å². The van der Waals surface area contributed by atoms with Gasteiger partial charge in [-0.3, -0.25) is 4.68 Å². The van der Waals surface area contributed by atoms with Crippen LogP contribution < -0.4 is 0 Å². The summed E-state index contributed by atoms with van der Waals surface area (Å²) in [5.74, 6) is 0. The van der Waals surface area contributed by atoms with Gasteiger partial charge in [0.05, 0.1) is 6.20 Å². The molecule has 0 saturated carbocycles. The summed E-state index contributed by atoms with van der Waals surface area (Å²) in [6.45, 7) is 0.191. The van der Waals surface area contributed by atoms with Crippen molar-refractivity contribution in [2.75, 3.05) is 6.61 Å². The Labute approximate surface area is 89.0 Å². The van der Waals surface area contributed by atoms with Crippen LogP contribution in [-0.2, 0) is 13.5 Å². The summed E-state index contributed by atoms with van der Waals surface area (Å²) in [6.07, 6.45) is 4.53. The molecule has 0 aliphatic rings. The van der Waals surface area contributed by atoms with Gasteiger partial charge in [-0.1, -0.05) is 24.3 Å². The minimum atomic E-state index is 0.191. The second-order valence-corrected chi connectivity index (χ2v) is 3.58. The minimum Gasteiger partial charge on any atom is -0.396 e. The summed E-state index contributed by atoms with van der Waals surface area (Å²) in [7, 11) is 1.90. The maximum atomic E-state index is 8.87. The minimum absolute atomic E-state index is 0.191. The first kappa shape index (κ1) is 9.93. The molecule has 15 heavy (non-hydrogen) atoms. The summed E-state index contributed by atoms with van der Waals surface area (Å²) >= 11 is 0. The highest BCUT2D eigenvalue weighted by Gasteiger charge is 2.00. The van der Waals surface area contributed by atoms with Crippen LogP contribution >= 0.6 is 0 Å². The molecule has 0 fully saturated rings. The smallest absolute Gasteiger partial charge is 0.0568 e. The number of hydrogen-bond donors (Lipinski definition) is 1. The summed E-state index contributed by atoms with van der Waals surface area (Å²) in [5.41, 5.74) is 3.41. The van der Waals surface area contributed by atoms with Gasteiger partial charge in [0.2, 0.25) is 0 Å². The Bertz CT molecular complexity index is 448. The van der Waals surface area contributed by atoms with Crippen molar-refractivity contribution in [3.8, 4) is 11.1 Å². The van der Waals surface area contributed by atoms with E-state index in [1.54, 1.807) is 4.68 Å². The molecule has 0 aliphatic heterocycles. The van der Waals surface area contributed by atoms with Crippen LogP contribution in [0.25, 0.3) is 11.1 Å². The number of rotatable bonds is 3. The molecule has 0 saturated heterocycles. The second kappa shape index (κ2) is 4.28. The van der Waals surface area contributed by atoms with E-state index in [-0.39, 0.29) is 6.61 Å². The summed E-state index contributed by atoms with van der Waals surface area (Å²) in [5, 5.41) is 13.0. The Morgan fingerprint density at radius 1 is 1.33 bits per heavy atom. The van der Waals surface area contributed by atoms with Gasteiger partial charge < -0.3 is 5.11 Å². The predicted octanol–water partition coefficient (Wildman–Crippen LogP) is 1.62. The maximum Gasteiger partial charge on any atom is 0.0568 e. The molecule has 0 bridgehead atoms. The molecule has 0 amide bonds. The predicted molar refractivity (Wildman–Crippen MR) is 59.4 cm³/mol. The average molecular weight is 202 g/mol. The van der Waals surface area contributed by atoms with Crippen molar-refractivity contribution in [1.82, 2.24) is 9.78 Å². The zero-order valence-electron chi connectivity index (χ0n) is 8.72. The molecule has 0 radical (unpaired) electrons. The molecule has 3 heteroatoms. The van der Waals surface area contributed by atoms with E-state index in [2.05, 4.69) is 17.2 Å². The first-order chi connectivity index (χ1) is 7.29. The van der Waals surface area contributed by atoms with E-state index in [9.17, 15) is 0 Å². The Balaban J connectivity index is 2.32. The summed E-state index contributed by atoms with van der Waals surface area (Å²) in [4.78, 5) is 0. The van der Waals surface area contributed by atoms with Crippen LogP contribution in [0.2, 0.25) is 0 Å². The first-order valence-corrected chi connectivity index (χ1v) is 4.98. The molecule has 78 valence electrons. The lowest BCUT2D eigenvalue weighted by atomic mass is 10.0. The standard InChI is InChI=1S/C12H14N2O/c1-14-9-12(8-13-14)11-4-2-3-10(7-11)5-6-15/h2-4,7-9,15H,5-6H2,1H3. The third-order valence-corrected chi connectivity index (χ3v) is 2.37. The maximum absolute atomic E-state index is 8.87. The lowest BCUT2D eigenvalue weighted by molar-refractivity contribution is 0.299. The van der Waals surface area contributed by atoms with Gasteiger partial charge in [0.25, 0.3) is 0 Å². The molecular formula is C12H14N2O. The SMILES string of the molecule is Cn1cc(-c2cccc(CCO)c2)cn1. The fourth-order valence-electron chi connectivity index (χ4n) is 1.61. The zero-order chi connectivity index (χ0) is 10.7. The fraction of sp³-hybridized carbons (Fsp3) is 0.250. The van der Waals surface area contributed by atoms with E-state index in [0.29, 0.717) is 6.42 Å². The third kappa shape index (κ3) is 2.25. The van der Waals surface area contributed by atoms with Crippen LogP contribution in [-0.4, -0.2) is 21.5 Å². The Morgan fingerprint density at radius 2 is 2.20 bits per heavy atom. The van der Waals surface area contributed by atoms with Crippen LogP contribution in [0.3, 0.4) is 0 Å². The van der Waals surface area contributed by atoms with Crippen molar-refractivity contribution in [3.63, 3.8) is 0 Å². The monoisotopic (exact) mass is 202 g/mol. The van der Waals surface area contributed by atoms with Crippen molar-refractivity contribution in [2.24, 2.45) is 7.05 Å². The lowest BCUT2D eigenvalue weighted by Gasteiger charge is -2.01. The number of aliphatic hydroxyl groups is 1. The van der Waals surface area contributed by atoms with Gasteiger partial charge in [-0.15, -0.1) is 0 Å². The van der Waals surface area contributed by atoms with Gasteiger partial charge in [0.1, 0.15) is 0 Å². The average Bonchev–Trinajstić information content (AvgIpc) is 2.66. The second-order valence-electron chi connectivity index (χ2n) is 3.58. The third-order valence-electron chi connectivity index (χ3n) is 2.37. The van der Waals surface area contributed by atoms with Gasteiger partial charge in [-0.05, 0) is 17.5 Å². The van der Waals surface area contributed by atoms with E-state index < -0.39 is 0 Å².